The summed E-state index contributed by atoms with van der Waals surface area (Å²) in [5.74, 6) is 0.489. The lowest BCUT2D eigenvalue weighted by molar-refractivity contribution is -0.123. The van der Waals surface area contributed by atoms with Crippen molar-refractivity contribution >= 4 is 17.7 Å². The molecule has 1 heterocycles. The van der Waals surface area contributed by atoms with Crippen LogP contribution in [0.3, 0.4) is 0 Å². The van der Waals surface area contributed by atoms with Crippen molar-refractivity contribution in [3.05, 3.63) is 29.8 Å². The summed E-state index contributed by atoms with van der Waals surface area (Å²) in [5.41, 5.74) is 1.50. The average Bonchev–Trinajstić information content (AvgIpc) is 3.21. The molecule has 2 atom stereocenters. The minimum absolute atomic E-state index is 0.0833. The Labute approximate surface area is 144 Å². The molecule has 4 heteroatoms. The largest absolute Gasteiger partial charge is 0.349 e. The summed E-state index contributed by atoms with van der Waals surface area (Å²) in [7, 11) is 0. The first-order valence-corrected chi connectivity index (χ1v) is 9.66. The molecule has 1 aromatic carbocycles. The van der Waals surface area contributed by atoms with Gasteiger partial charge >= 0.3 is 0 Å². The molecule has 1 spiro atoms. The van der Waals surface area contributed by atoms with Gasteiger partial charge in [0.15, 0.2) is 0 Å². The molecule has 3 nitrogen and oxygen atoms in total. The number of hydrogen-bond acceptors (Lipinski definition) is 3. The van der Waals surface area contributed by atoms with Crippen molar-refractivity contribution in [2.75, 3.05) is 13.1 Å². The maximum atomic E-state index is 12.5. The molecule has 0 radical (unpaired) electrons. The highest BCUT2D eigenvalue weighted by Crippen LogP contribution is 2.58. The van der Waals surface area contributed by atoms with Gasteiger partial charge in [0.2, 0.25) is 5.91 Å². The zero-order valence-corrected chi connectivity index (χ0v) is 15.2. The Hall–Kier alpha value is -1.00. The Morgan fingerprint density at radius 3 is 2.48 bits per heavy atom. The molecule has 2 N–H and O–H groups in total. The fraction of sp³-hybridized carbons (Fsp3) is 0.632. The molecule has 1 saturated heterocycles. The number of hydrogen-bond donors (Lipinski definition) is 2. The predicted octanol–water partition coefficient (Wildman–Crippen LogP) is 3.75. The molecule has 3 rings (SSSR count). The van der Waals surface area contributed by atoms with E-state index >= 15 is 0 Å². The summed E-state index contributed by atoms with van der Waals surface area (Å²) >= 11 is 1.87. The summed E-state index contributed by atoms with van der Waals surface area (Å²) in [6.07, 6.45) is 3.39. The summed E-state index contributed by atoms with van der Waals surface area (Å²) in [6, 6.07) is 8.69. The third-order valence-corrected chi connectivity index (χ3v) is 6.23. The number of nitrogens with one attached hydrogen (secondary N) is 2. The van der Waals surface area contributed by atoms with E-state index in [-0.39, 0.29) is 17.9 Å². The van der Waals surface area contributed by atoms with Crippen LogP contribution >= 0.6 is 11.8 Å². The summed E-state index contributed by atoms with van der Waals surface area (Å²) < 4.78 is 0. The number of piperidine rings is 1. The Morgan fingerprint density at radius 1 is 1.22 bits per heavy atom. The molecule has 1 amide bonds. The van der Waals surface area contributed by atoms with E-state index in [1.54, 1.807) is 0 Å². The molecular weight excluding hydrogens is 304 g/mol. The molecule has 1 saturated carbocycles. The third-order valence-electron chi connectivity index (χ3n) is 5.22. The van der Waals surface area contributed by atoms with E-state index in [0.717, 1.165) is 32.4 Å². The molecule has 0 bridgehead atoms. The van der Waals surface area contributed by atoms with E-state index in [4.69, 9.17) is 0 Å². The van der Waals surface area contributed by atoms with Crippen LogP contribution < -0.4 is 10.6 Å². The van der Waals surface area contributed by atoms with E-state index in [9.17, 15) is 4.79 Å². The SMILES string of the molecule is CC(C)Sc1ccc(C(C)NC(=O)C2CC23CCNCC3)cc1. The van der Waals surface area contributed by atoms with E-state index in [0.29, 0.717) is 10.7 Å². The van der Waals surface area contributed by atoms with Gasteiger partial charge in [-0.05, 0) is 62.4 Å². The highest BCUT2D eigenvalue weighted by Gasteiger charge is 2.57. The van der Waals surface area contributed by atoms with Crippen LogP contribution in [0.1, 0.15) is 51.6 Å². The molecule has 1 aliphatic heterocycles. The van der Waals surface area contributed by atoms with Crippen LogP contribution in [0.5, 0.6) is 0 Å². The average molecular weight is 333 g/mol. The molecule has 1 aliphatic carbocycles. The van der Waals surface area contributed by atoms with E-state index in [1.807, 2.05) is 11.8 Å². The van der Waals surface area contributed by atoms with Crippen LogP contribution in [0.15, 0.2) is 29.2 Å². The number of carbonyl (C=O) groups excluding carboxylic acids is 1. The Morgan fingerprint density at radius 2 is 1.87 bits per heavy atom. The second kappa shape index (κ2) is 6.86. The van der Waals surface area contributed by atoms with Gasteiger partial charge in [-0.1, -0.05) is 26.0 Å². The van der Waals surface area contributed by atoms with E-state index in [2.05, 4.69) is 55.7 Å². The minimum atomic E-state index is 0.0833. The van der Waals surface area contributed by atoms with Crippen molar-refractivity contribution in [3.8, 4) is 0 Å². The van der Waals surface area contributed by atoms with Crippen molar-refractivity contribution < 1.29 is 4.79 Å². The van der Waals surface area contributed by atoms with Crippen LogP contribution in [0.4, 0.5) is 0 Å². The first-order valence-electron chi connectivity index (χ1n) is 8.78. The lowest BCUT2D eigenvalue weighted by atomic mass is 9.91. The topological polar surface area (TPSA) is 41.1 Å². The van der Waals surface area contributed by atoms with Gasteiger partial charge < -0.3 is 10.6 Å². The predicted molar refractivity (Wildman–Crippen MR) is 96.6 cm³/mol. The van der Waals surface area contributed by atoms with Gasteiger partial charge in [0.25, 0.3) is 0 Å². The van der Waals surface area contributed by atoms with Gasteiger partial charge in [0.05, 0.1) is 6.04 Å². The highest BCUT2D eigenvalue weighted by molar-refractivity contribution is 7.99. The smallest absolute Gasteiger partial charge is 0.224 e. The van der Waals surface area contributed by atoms with Gasteiger partial charge in [-0.25, -0.2) is 0 Å². The Kier molecular flexibility index (Phi) is 5.02. The van der Waals surface area contributed by atoms with E-state index < -0.39 is 0 Å². The maximum Gasteiger partial charge on any atom is 0.224 e. The molecule has 2 unspecified atom stereocenters. The van der Waals surface area contributed by atoms with Crippen LogP contribution in [-0.2, 0) is 4.79 Å². The normalized spacial score (nSPS) is 23.7. The number of amides is 1. The van der Waals surface area contributed by atoms with Crippen LogP contribution in [0.2, 0.25) is 0 Å². The van der Waals surface area contributed by atoms with Gasteiger partial charge in [0, 0.05) is 16.1 Å². The number of benzene rings is 1. The summed E-state index contributed by atoms with van der Waals surface area (Å²) in [6.45, 7) is 8.62. The first kappa shape index (κ1) is 16.8. The molecular formula is C19H28N2OS. The van der Waals surface area contributed by atoms with Crippen molar-refractivity contribution in [2.24, 2.45) is 11.3 Å². The maximum absolute atomic E-state index is 12.5. The molecule has 2 fully saturated rings. The van der Waals surface area contributed by atoms with Crippen LogP contribution in [-0.4, -0.2) is 24.2 Å². The third kappa shape index (κ3) is 3.92. The fourth-order valence-corrected chi connectivity index (χ4v) is 4.54. The van der Waals surface area contributed by atoms with Crippen molar-refractivity contribution in [1.82, 2.24) is 10.6 Å². The van der Waals surface area contributed by atoms with Crippen LogP contribution in [0, 0.1) is 11.3 Å². The summed E-state index contributed by atoms with van der Waals surface area (Å²) in [5, 5.41) is 7.21. The van der Waals surface area contributed by atoms with Gasteiger partial charge in [-0.3, -0.25) is 4.79 Å². The molecule has 23 heavy (non-hydrogen) atoms. The van der Waals surface area contributed by atoms with Crippen molar-refractivity contribution in [2.45, 2.75) is 56.2 Å². The lowest BCUT2D eigenvalue weighted by Crippen LogP contribution is -2.34. The Balaban J connectivity index is 1.54. The zero-order chi connectivity index (χ0) is 16.4. The second-order valence-electron chi connectivity index (χ2n) is 7.34. The zero-order valence-electron chi connectivity index (χ0n) is 14.4. The molecule has 0 aromatic heterocycles. The minimum Gasteiger partial charge on any atom is -0.349 e. The number of carbonyl (C=O) groups is 1. The van der Waals surface area contributed by atoms with Gasteiger partial charge in [-0.2, -0.15) is 0 Å². The van der Waals surface area contributed by atoms with Gasteiger partial charge in [0.1, 0.15) is 0 Å². The number of rotatable bonds is 5. The van der Waals surface area contributed by atoms with E-state index in [1.165, 1.54) is 10.5 Å². The fourth-order valence-electron chi connectivity index (χ4n) is 3.70. The van der Waals surface area contributed by atoms with Crippen molar-refractivity contribution in [3.63, 3.8) is 0 Å². The first-order chi connectivity index (χ1) is 11.0. The molecule has 2 aliphatic rings. The molecule has 126 valence electrons. The lowest BCUT2D eigenvalue weighted by Gasteiger charge is -2.24. The number of thioether (sulfide) groups is 1. The standard InChI is InChI=1S/C19H28N2OS/c1-13(2)23-16-6-4-15(5-7-16)14(3)21-18(22)17-12-19(17)8-10-20-11-9-19/h4-7,13-14,17,20H,8-12H2,1-3H3,(H,21,22). The molecule has 1 aromatic rings. The van der Waals surface area contributed by atoms with Gasteiger partial charge in [-0.15, -0.1) is 11.8 Å². The highest BCUT2D eigenvalue weighted by atomic mass is 32.2. The summed E-state index contributed by atoms with van der Waals surface area (Å²) in [4.78, 5) is 13.8. The quantitative estimate of drug-likeness (QED) is 0.807. The Bertz CT molecular complexity index is 549. The van der Waals surface area contributed by atoms with Crippen LogP contribution in [0.25, 0.3) is 0 Å². The van der Waals surface area contributed by atoms with Crippen molar-refractivity contribution in [1.29, 1.82) is 0 Å². The monoisotopic (exact) mass is 332 g/mol. The second-order valence-corrected chi connectivity index (χ2v) is 8.98.